The lowest BCUT2D eigenvalue weighted by Crippen LogP contribution is -2.34. The summed E-state index contributed by atoms with van der Waals surface area (Å²) in [6.45, 7) is 0.589. The quantitative estimate of drug-likeness (QED) is 0.781. The van der Waals surface area contributed by atoms with Gasteiger partial charge in [0.05, 0.1) is 11.6 Å². The van der Waals surface area contributed by atoms with Crippen molar-refractivity contribution in [2.75, 3.05) is 20.6 Å². The fourth-order valence-electron chi connectivity index (χ4n) is 2.87. The zero-order valence-corrected chi connectivity index (χ0v) is 14.4. The first kappa shape index (κ1) is 15.8. The lowest BCUT2D eigenvalue weighted by Gasteiger charge is -2.23. The molecule has 0 aliphatic heterocycles. The summed E-state index contributed by atoms with van der Waals surface area (Å²) in [4.78, 5) is 14.8. The zero-order valence-electron chi connectivity index (χ0n) is 13.6. The van der Waals surface area contributed by atoms with Crippen LogP contribution >= 0.6 is 11.3 Å². The largest absolute Gasteiger partial charge is 0.350 e. The van der Waals surface area contributed by atoms with Crippen LogP contribution in [-0.4, -0.2) is 36.0 Å². The minimum absolute atomic E-state index is 0.0242. The molecule has 5 heteroatoms. The van der Waals surface area contributed by atoms with Crippen molar-refractivity contribution >= 4 is 28.1 Å². The molecule has 4 nitrogen and oxygen atoms in total. The van der Waals surface area contributed by atoms with Crippen LogP contribution < -0.4 is 5.32 Å². The Morgan fingerprint density at radius 2 is 2.09 bits per heavy atom. The number of nitrogens with zero attached hydrogens (tertiary/aromatic N) is 2. The Labute approximate surface area is 140 Å². The maximum Gasteiger partial charge on any atom is 0.253 e. The number of rotatable bonds is 5. The molecule has 1 N–H and O–H groups in total. The molecule has 2 aromatic heterocycles. The number of nitrogens with one attached hydrogen (secondary N) is 1. The standard InChI is InChI=1S/C18H21N3OS/c1-20(2)17(13-8-9-23-12-13)10-19-18(22)15-11-21(3)16-7-5-4-6-14(15)16/h4-9,11-12,17H,10H2,1-3H3,(H,19,22)/t17-/m0/s1. The number of fused-ring (bicyclic) bond motifs is 1. The Hall–Kier alpha value is -2.11. The van der Waals surface area contributed by atoms with Crippen molar-refractivity contribution in [3.05, 3.63) is 58.4 Å². The van der Waals surface area contributed by atoms with Crippen molar-refractivity contribution in [2.24, 2.45) is 7.05 Å². The third-order valence-electron chi connectivity index (χ3n) is 4.15. The SMILES string of the molecule is CN(C)[C@@H](CNC(=O)c1cn(C)c2ccccc12)c1ccsc1. The smallest absolute Gasteiger partial charge is 0.253 e. The van der Waals surface area contributed by atoms with Gasteiger partial charge in [0.25, 0.3) is 5.91 Å². The molecular formula is C18H21N3OS. The highest BCUT2D eigenvalue weighted by Gasteiger charge is 2.18. The Balaban J connectivity index is 1.78. The first-order valence-electron chi connectivity index (χ1n) is 7.58. The lowest BCUT2D eigenvalue weighted by atomic mass is 10.1. The summed E-state index contributed by atoms with van der Waals surface area (Å²) < 4.78 is 1.99. The van der Waals surface area contributed by atoms with Crippen molar-refractivity contribution < 1.29 is 4.79 Å². The monoisotopic (exact) mass is 327 g/mol. The van der Waals surface area contributed by atoms with E-state index in [1.54, 1.807) is 11.3 Å². The number of aromatic nitrogens is 1. The van der Waals surface area contributed by atoms with Crippen molar-refractivity contribution in [1.82, 2.24) is 14.8 Å². The summed E-state index contributed by atoms with van der Waals surface area (Å²) in [5, 5.41) is 8.28. The van der Waals surface area contributed by atoms with Crippen molar-refractivity contribution in [3.63, 3.8) is 0 Å². The number of amides is 1. The van der Waals surface area contributed by atoms with Crippen LogP contribution in [0.15, 0.2) is 47.3 Å². The fourth-order valence-corrected chi connectivity index (χ4v) is 3.58. The molecule has 2 heterocycles. The van der Waals surface area contributed by atoms with Gasteiger partial charge in [0, 0.05) is 30.7 Å². The van der Waals surface area contributed by atoms with Gasteiger partial charge in [-0.2, -0.15) is 11.3 Å². The van der Waals surface area contributed by atoms with Gasteiger partial charge in [-0.05, 0) is 42.6 Å². The first-order valence-corrected chi connectivity index (χ1v) is 8.53. The number of para-hydroxylation sites is 1. The number of hydrogen-bond acceptors (Lipinski definition) is 3. The molecule has 3 aromatic rings. The molecule has 0 spiro atoms. The van der Waals surface area contributed by atoms with E-state index in [9.17, 15) is 4.79 Å². The topological polar surface area (TPSA) is 37.3 Å². The number of benzene rings is 1. The van der Waals surface area contributed by atoms with Crippen molar-refractivity contribution in [3.8, 4) is 0 Å². The van der Waals surface area contributed by atoms with Crippen molar-refractivity contribution in [2.45, 2.75) is 6.04 Å². The van der Waals surface area contributed by atoms with E-state index in [0.717, 1.165) is 16.5 Å². The second kappa shape index (κ2) is 6.56. The number of carbonyl (C=O) groups is 1. The predicted molar refractivity (Wildman–Crippen MR) is 96.0 cm³/mol. The molecule has 1 aromatic carbocycles. The number of likely N-dealkylation sites (N-methyl/N-ethyl adjacent to an activating group) is 1. The first-order chi connectivity index (χ1) is 11.1. The molecule has 0 saturated carbocycles. The Kier molecular flexibility index (Phi) is 4.50. The van der Waals surface area contributed by atoms with Crippen LogP contribution in [0.3, 0.4) is 0 Å². The number of thiophene rings is 1. The van der Waals surface area contributed by atoms with E-state index in [1.165, 1.54) is 5.56 Å². The van der Waals surface area contributed by atoms with Gasteiger partial charge < -0.3 is 14.8 Å². The molecule has 0 radical (unpaired) electrons. The summed E-state index contributed by atoms with van der Waals surface area (Å²) in [7, 11) is 6.03. The molecule has 120 valence electrons. The van der Waals surface area contributed by atoms with Gasteiger partial charge in [0.15, 0.2) is 0 Å². The lowest BCUT2D eigenvalue weighted by molar-refractivity contribution is 0.0943. The number of hydrogen-bond donors (Lipinski definition) is 1. The van der Waals surface area contributed by atoms with Gasteiger partial charge in [-0.15, -0.1) is 0 Å². The van der Waals surface area contributed by atoms with E-state index in [4.69, 9.17) is 0 Å². The normalized spacial score (nSPS) is 12.7. The van der Waals surface area contributed by atoms with Crippen LogP contribution in [0.5, 0.6) is 0 Å². The maximum atomic E-state index is 12.6. The highest BCUT2D eigenvalue weighted by Crippen LogP contribution is 2.22. The summed E-state index contributed by atoms with van der Waals surface area (Å²) in [5.74, 6) is -0.0242. The van der Waals surface area contributed by atoms with Crippen LogP contribution in [0.1, 0.15) is 22.0 Å². The zero-order chi connectivity index (χ0) is 16.4. The van der Waals surface area contributed by atoms with Gasteiger partial charge in [-0.3, -0.25) is 4.79 Å². The summed E-state index contributed by atoms with van der Waals surface area (Å²) >= 11 is 1.68. The van der Waals surface area contributed by atoms with E-state index >= 15 is 0 Å². The van der Waals surface area contributed by atoms with Crippen molar-refractivity contribution in [1.29, 1.82) is 0 Å². The molecule has 0 unspecified atom stereocenters. The second-order valence-electron chi connectivity index (χ2n) is 5.92. The molecule has 1 amide bonds. The minimum Gasteiger partial charge on any atom is -0.350 e. The summed E-state index contributed by atoms with van der Waals surface area (Å²) in [5.41, 5.74) is 3.03. The highest BCUT2D eigenvalue weighted by molar-refractivity contribution is 7.07. The van der Waals surface area contributed by atoms with Crippen LogP contribution in [0, 0.1) is 0 Å². The molecular weight excluding hydrogens is 306 g/mol. The number of aryl methyl sites for hydroxylation is 1. The summed E-state index contributed by atoms with van der Waals surface area (Å²) in [6.07, 6.45) is 1.90. The van der Waals surface area contributed by atoms with Gasteiger partial charge in [-0.25, -0.2) is 0 Å². The molecule has 0 aliphatic carbocycles. The van der Waals surface area contributed by atoms with E-state index in [1.807, 2.05) is 56.2 Å². The number of carbonyl (C=O) groups excluding carboxylic acids is 1. The Morgan fingerprint density at radius 1 is 1.30 bits per heavy atom. The van der Waals surface area contributed by atoms with E-state index in [0.29, 0.717) is 6.54 Å². The van der Waals surface area contributed by atoms with Crippen LogP contribution in [0.25, 0.3) is 10.9 Å². The molecule has 1 atom stereocenters. The van der Waals surface area contributed by atoms with Gasteiger partial charge >= 0.3 is 0 Å². The molecule has 0 saturated heterocycles. The molecule has 0 fully saturated rings. The van der Waals surface area contributed by atoms with E-state index in [2.05, 4.69) is 27.0 Å². The third-order valence-corrected chi connectivity index (χ3v) is 4.85. The highest BCUT2D eigenvalue weighted by atomic mass is 32.1. The molecule has 0 aliphatic rings. The van der Waals surface area contributed by atoms with Crippen LogP contribution in [0.4, 0.5) is 0 Å². The maximum absolute atomic E-state index is 12.6. The molecule has 23 heavy (non-hydrogen) atoms. The van der Waals surface area contributed by atoms with Crippen LogP contribution in [0.2, 0.25) is 0 Å². The Morgan fingerprint density at radius 3 is 2.78 bits per heavy atom. The average molecular weight is 327 g/mol. The minimum atomic E-state index is -0.0242. The second-order valence-corrected chi connectivity index (χ2v) is 6.70. The summed E-state index contributed by atoms with van der Waals surface area (Å²) in [6, 6.07) is 10.3. The molecule has 0 bridgehead atoms. The predicted octanol–water partition coefficient (Wildman–Crippen LogP) is 3.27. The average Bonchev–Trinajstić information content (AvgIpc) is 3.16. The van der Waals surface area contributed by atoms with E-state index < -0.39 is 0 Å². The van der Waals surface area contributed by atoms with Gasteiger partial charge in [0.1, 0.15) is 0 Å². The van der Waals surface area contributed by atoms with Crippen LogP contribution in [-0.2, 0) is 7.05 Å². The third kappa shape index (κ3) is 3.16. The fraction of sp³-hybridized carbons (Fsp3) is 0.278. The van der Waals surface area contributed by atoms with Gasteiger partial charge in [0.2, 0.25) is 0 Å². The van der Waals surface area contributed by atoms with E-state index in [-0.39, 0.29) is 11.9 Å². The molecule has 3 rings (SSSR count). The Bertz CT molecular complexity index is 805. The van der Waals surface area contributed by atoms with Gasteiger partial charge in [-0.1, -0.05) is 18.2 Å².